The van der Waals surface area contributed by atoms with Crippen molar-refractivity contribution in [3.8, 4) is 5.88 Å². The number of rotatable bonds is 3. The highest BCUT2D eigenvalue weighted by Gasteiger charge is 2.29. The van der Waals surface area contributed by atoms with E-state index in [1.54, 1.807) is 12.0 Å². The second-order valence-corrected chi connectivity index (χ2v) is 6.73. The topological polar surface area (TPSA) is 67.8 Å². The number of methoxy groups -OCH3 is 1. The lowest BCUT2D eigenvalue weighted by Gasteiger charge is -2.37. The Hall–Kier alpha value is -2.05. The molecule has 0 unspecified atom stereocenters. The van der Waals surface area contributed by atoms with Gasteiger partial charge in [-0.2, -0.15) is 0 Å². The minimum atomic E-state index is -0.469. The zero-order valence-electron chi connectivity index (χ0n) is 14.6. The summed E-state index contributed by atoms with van der Waals surface area (Å²) in [6, 6.07) is 2.02. The summed E-state index contributed by atoms with van der Waals surface area (Å²) in [6.07, 6.45) is 3.00. The van der Waals surface area contributed by atoms with Gasteiger partial charge in [0.05, 0.1) is 7.11 Å². The van der Waals surface area contributed by atoms with Crippen molar-refractivity contribution in [2.45, 2.75) is 45.3 Å². The summed E-state index contributed by atoms with van der Waals surface area (Å²) in [4.78, 5) is 24.4. The van der Waals surface area contributed by atoms with Gasteiger partial charge in [0.2, 0.25) is 5.88 Å². The number of piperidine rings is 1. The Morgan fingerprint density at radius 1 is 1.30 bits per heavy atom. The van der Waals surface area contributed by atoms with E-state index in [0.29, 0.717) is 5.88 Å². The number of carbonyl (C=O) groups excluding carboxylic acids is 1. The van der Waals surface area contributed by atoms with Crippen LogP contribution in [-0.2, 0) is 4.74 Å². The smallest absolute Gasteiger partial charge is 0.410 e. The second-order valence-electron chi connectivity index (χ2n) is 6.73. The van der Waals surface area contributed by atoms with Crippen molar-refractivity contribution >= 4 is 11.9 Å². The van der Waals surface area contributed by atoms with E-state index in [9.17, 15) is 4.79 Å². The Morgan fingerprint density at radius 3 is 2.52 bits per heavy atom. The molecule has 0 aromatic carbocycles. The average molecular weight is 322 g/mol. The molecule has 0 aliphatic carbocycles. The van der Waals surface area contributed by atoms with Crippen molar-refractivity contribution in [2.24, 2.45) is 0 Å². The van der Waals surface area contributed by atoms with Gasteiger partial charge in [0.15, 0.2) is 0 Å². The zero-order valence-corrected chi connectivity index (χ0v) is 14.6. The molecule has 2 rings (SSSR count). The lowest BCUT2D eigenvalue weighted by atomic mass is 10.0. The molecule has 7 heteroatoms. The number of aromatic nitrogens is 2. The summed E-state index contributed by atoms with van der Waals surface area (Å²) in [6.45, 7) is 7.30. The average Bonchev–Trinajstić information content (AvgIpc) is 2.53. The zero-order chi connectivity index (χ0) is 17.0. The van der Waals surface area contributed by atoms with Crippen LogP contribution in [0.2, 0.25) is 0 Å². The number of ether oxygens (including phenoxy) is 2. The first-order chi connectivity index (χ1) is 10.8. The van der Waals surface area contributed by atoms with Crippen LogP contribution in [0.25, 0.3) is 0 Å². The molecular weight excluding hydrogens is 296 g/mol. The van der Waals surface area contributed by atoms with Crippen LogP contribution in [0, 0.1) is 0 Å². The number of nitrogens with zero attached hydrogens (tertiary/aromatic N) is 4. The van der Waals surface area contributed by atoms with Gasteiger partial charge in [-0.15, -0.1) is 0 Å². The fourth-order valence-corrected chi connectivity index (χ4v) is 2.58. The van der Waals surface area contributed by atoms with E-state index >= 15 is 0 Å². The predicted octanol–water partition coefficient (Wildman–Crippen LogP) is 2.32. The quantitative estimate of drug-likeness (QED) is 0.851. The van der Waals surface area contributed by atoms with Crippen LogP contribution in [0.15, 0.2) is 12.4 Å². The maximum Gasteiger partial charge on any atom is 0.410 e. The molecular formula is C16H26N4O3. The molecule has 1 fully saturated rings. The van der Waals surface area contributed by atoms with Crippen molar-refractivity contribution in [1.82, 2.24) is 14.9 Å². The summed E-state index contributed by atoms with van der Waals surface area (Å²) in [7, 11) is 3.40. The Kier molecular flexibility index (Phi) is 5.28. The molecule has 2 heterocycles. The summed E-state index contributed by atoms with van der Waals surface area (Å²) >= 11 is 0. The Morgan fingerprint density at radius 2 is 1.96 bits per heavy atom. The minimum absolute atomic E-state index is 0.185. The van der Waals surface area contributed by atoms with Crippen molar-refractivity contribution in [3.63, 3.8) is 0 Å². The van der Waals surface area contributed by atoms with Crippen LogP contribution in [0.3, 0.4) is 0 Å². The summed E-state index contributed by atoms with van der Waals surface area (Å²) < 4.78 is 10.6. The molecule has 0 radical (unpaired) electrons. The molecule has 0 spiro atoms. The van der Waals surface area contributed by atoms with Crippen molar-refractivity contribution < 1.29 is 14.3 Å². The van der Waals surface area contributed by atoms with Gasteiger partial charge in [0.1, 0.15) is 17.7 Å². The van der Waals surface area contributed by atoms with Crippen LogP contribution < -0.4 is 9.64 Å². The minimum Gasteiger partial charge on any atom is -0.481 e. The lowest BCUT2D eigenvalue weighted by molar-refractivity contribution is 0.0201. The van der Waals surface area contributed by atoms with Gasteiger partial charge >= 0.3 is 6.09 Å². The number of anilines is 1. The third kappa shape index (κ3) is 4.71. The maximum atomic E-state index is 12.1. The molecule has 1 aromatic heterocycles. The van der Waals surface area contributed by atoms with Gasteiger partial charge < -0.3 is 19.3 Å². The molecule has 7 nitrogen and oxygen atoms in total. The van der Waals surface area contributed by atoms with Gasteiger partial charge in [-0.1, -0.05) is 0 Å². The van der Waals surface area contributed by atoms with Gasteiger partial charge in [0, 0.05) is 32.2 Å². The molecule has 128 valence electrons. The lowest BCUT2D eigenvalue weighted by Crippen LogP contribution is -2.47. The van der Waals surface area contributed by atoms with Crippen molar-refractivity contribution in [2.75, 3.05) is 32.1 Å². The number of amides is 1. The van der Waals surface area contributed by atoms with Crippen LogP contribution in [0.4, 0.5) is 10.6 Å². The van der Waals surface area contributed by atoms with Gasteiger partial charge in [-0.05, 0) is 33.6 Å². The Balaban J connectivity index is 1.91. The molecule has 0 N–H and O–H groups in total. The largest absolute Gasteiger partial charge is 0.481 e. The molecule has 1 amide bonds. The van der Waals surface area contributed by atoms with Crippen LogP contribution in [0.1, 0.15) is 33.6 Å². The fraction of sp³-hybridized carbons (Fsp3) is 0.688. The highest BCUT2D eigenvalue weighted by atomic mass is 16.6. The monoisotopic (exact) mass is 322 g/mol. The summed E-state index contributed by atoms with van der Waals surface area (Å²) in [5.74, 6) is 1.42. The molecule has 1 aliphatic rings. The molecule has 0 saturated carbocycles. The van der Waals surface area contributed by atoms with E-state index in [1.165, 1.54) is 6.33 Å². The van der Waals surface area contributed by atoms with E-state index in [1.807, 2.05) is 33.9 Å². The highest BCUT2D eigenvalue weighted by molar-refractivity contribution is 5.68. The fourth-order valence-electron chi connectivity index (χ4n) is 2.58. The first kappa shape index (κ1) is 17.3. The summed E-state index contributed by atoms with van der Waals surface area (Å²) in [5, 5.41) is 0. The van der Waals surface area contributed by atoms with E-state index in [4.69, 9.17) is 9.47 Å². The SMILES string of the molecule is COc1cc(N2CCC(N(C)C(=O)OC(C)(C)C)CC2)ncn1. The molecule has 1 saturated heterocycles. The van der Waals surface area contributed by atoms with Crippen molar-refractivity contribution in [3.05, 3.63) is 12.4 Å². The summed E-state index contributed by atoms with van der Waals surface area (Å²) in [5.41, 5.74) is -0.469. The first-order valence-corrected chi connectivity index (χ1v) is 7.87. The molecule has 23 heavy (non-hydrogen) atoms. The molecule has 0 bridgehead atoms. The third-order valence-corrected chi connectivity index (χ3v) is 3.85. The molecule has 0 atom stereocenters. The first-order valence-electron chi connectivity index (χ1n) is 7.87. The van der Waals surface area contributed by atoms with E-state index < -0.39 is 5.60 Å². The van der Waals surface area contributed by atoms with E-state index in [0.717, 1.165) is 31.7 Å². The number of hydrogen-bond donors (Lipinski definition) is 0. The second kappa shape index (κ2) is 7.02. The number of carbonyl (C=O) groups is 1. The maximum absolute atomic E-state index is 12.1. The molecule has 1 aliphatic heterocycles. The van der Waals surface area contributed by atoms with Gasteiger partial charge in [-0.3, -0.25) is 0 Å². The third-order valence-electron chi connectivity index (χ3n) is 3.85. The van der Waals surface area contributed by atoms with Crippen LogP contribution >= 0.6 is 0 Å². The Labute approximate surface area is 137 Å². The number of hydrogen-bond acceptors (Lipinski definition) is 6. The standard InChI is InChI=1S/C16H26N4O3/c1-16(2,3)23-15(21)19(4)12-6-8-20(9-7-12)13-10-14(22-5)18-11-17-13/h10-12H,6-9H2,1-5H3. The van der Waals surface area contributed by atoms with Crippen LogP contribution in [-0.4, -0.2) is 59.9 Å². The Bertz CT molecular complexity index is 536. The molecule has 1 aromatic rings. The van der Waals surface area contributed by atoms with Crippen molar-refractivity contribution in [1.29, 1.82) is 0 Å². The van der Waals surface area contributed by atoms with Gasteiger partial charge in [0.25, 0.3) is 0 Å². The highest BCUT2D eigenvalue weighted by Crippen LogP contribution is 2.23. The van der Waals surface area contributed by atoms with E-state index in [2.05, 4.69) is 14.9 Å². The van der Waals surface area contributed by atoms with Crippen LogP contribution in [0.5, 0.6) is 5.88 Å². The van der Waals surface area contributed by atoms with E-state index in [-0.39, 0.29) is 12.1 Å². The normalized spacial score (nSPS) is 16.1. The van der Waals surface area contributed by atoms with Gasteiger partial charge in [-0.25, -0.2) is 14.8 Å². The predicted molar refractivity (Wildman–Crippen MR) is 87.8 cm³/mol.